The number of benzene rings is 1. The molecule has 0 radical (unpaired) electrons. The van der Waals surface area contributed by atoms with Crippen molar-refractivity contribution in [3.05, 3.63) is 56.2 Å². The Kier molecular flexibility index (Phi) is 3.68. The van der Waals surface area contributed by atoms with E-state index in [1.165, 1.54) is 10.1 Å². The zero-order valence-corrected chi connectivity index (χ0v) is 13.7. The number of nitrogens with one attached hydrogen (secondary N) is 1. The lowest BCUT2D eigenvalue weighted by atomic mass is 9.68. The second kappa shape index (κ2) is 5.74. The summed E-state index contributed by atoms with van der Waals surface area (Å²) in [5.41, 5.74) is 3.01. The summed E-state index contributed by atoms with van der Waals surface area (Å²) in [5, 5.41) is 9.06. The molecule has 0 atom stereocenters. The molecule has 1 spiro atoms. The van der Waals surface area contributed by atoms with E-state index in [4.69, 9.17) is 5.11 Å². The molecule has 1 aromatic carbocycles. The standard InChI is InChI=1S/C19H22N2O3/c22-11-5-10-21-17(23)15-16(20-18(21)24)14-7-2-1-6-13(14)12-19(15)8-3-4-9-19/h1-2,6-7,22H,3-5,8-12H2,(H,20,24). The second-order valence-electron chi connectivity index (χ2n) is 7.04. The molecular formula is C19H22N2O3. The molecule has 1 fully saturated rings. The Hall–Kier alpha value is -2.14. The molecule has 0 bridgehead atoms. The highest BCUT2D eigenvalue weighted by Gasteiger charge is 2.44. The van der Waals surface area contributed by atoms with Gasteiger partial charge in [0.1, 0.15) is 0 Å². The van der Waals surface area contributed by atoms with Crippen LogP contribution in [0.4, 0.5) is 0 Å². The number of H-pyrrole nitrogens is 1. The van der Waals surface area contributed by atoms with E-state index in [1.54, 1.807) is 0 Å². The molecule has 1 saturated carbocycles. The third-order valence-electron chi connectivity index (χ3n) is 5.63. The van der Waals surface area contributed by atoms with E-state index < -0.39 is 0 Å². The van der Waals surface area contributed by atoms with Crippen LogP contribution in [0.1, 0.15) is 43.2 Å². The first kappa shape index (κ1) is 15.4. The summed E-state index contributed by atoms with van der Waals surface area (Å²) in [5.74, 6) is 0. The summed E-state index contributed by atoms with van der Waals surface area (Å²) < 4.78 is 1.27. The fourth-order valence-electron chi connectivity index (χ4n) is 4.55. The van der Waals surface area contributed by atoms with Crippen molar-refractivity contribution >= 4 is 0 Å². The van der Waals surface area contributed by atoms with Gasteiger partial charge in [-0.15, -0.1) is 0 Å². The number of aromatic nitrogens is 2. The van der Waals surface area contributed by atoms with E-state index in [1.807, 2.05) is 18.2 Å². The van der Waals surface area contributed by atoms with Crippen LogP contribution in [0.3, 0.4) is 0 Å². The topological polar surface area (TPSA) is 75.1 Å². The average molecular weight is 326 g/mol. The minimum Gasteiger partial charge on any atom is -0.396 e. The maximum absolute atomic E-state index is 13.2. The van der Waals surface area contributed by atoms with Gasteiger partial charge in [-0.25, -0.2) is 4.79 Å². The summed E-state index contributed by atoms with van der Waals surface area (Å²) in [6, 6.07) is 8.06. The molecule has 5 heteroatoms. The lowest BCUT2D eigenvalue weighted by Gasteiger charge is -2.36. The highest BCUT2D eigenvalue weighted by atomic mass is 16.3. The largest absolute Gasteiger partial charge is 0.396 e. The van der Waals surface area contributed by atoms with Crippen molar-refractivity contribution < 1.29 is 5.11 Å². The minimum atomic E-state index is -0.378. The molecular weight excluding hydrogens is 304 g/mol. The van der Waals surface area contributed by atoms with Crippen molar-refractivity contribution in [3.8, 4) is 11.3 Å². The molecule has 1 aromatic heterocycles. The Balaban J connectivity index is 2.01. The molecule has 24 heavy (non-hydrogen) atoms. The monoisotopic (exact) mass is 326 g/mol. The lowest BCUT2D eigenvalue weighted by molar-refractivity contribution is 0.277. The SMILES string of the molecule is O=c1[nH]c2c(c(=O)n1CCCO)C1(CCCC1)Cc1ccccc1-2. The molecule has 5 nitrogen and oxygen atoms in total. The molecule has 126 valence electrons. The summed E-state index contributed by atoms with van der Waals surface area (Å²) >= 11 is 0. The van der Waals surface area contributed by atoms with Crippen LogP contribution in [0.15, 0.2) is 33.9 Å². The molecule has 2 N–H and O–H groups in total. The van der Waals surface area contributed by atoms with E-state index in [2.05, 4.69) is 11.1 Å². The Labute approximate surface area is 140 Å². The fourth-order valence-corrected chi connectivity index (χ4v) is 4.55. The lowest BCUT2D eigenvalue weighted by Crippen LogP contribution is -2.45. The van der Waals surface area contributed by atoms with Gasteiger partial charge in [-0.3, -0.25) is 9.36 Å². The predicted octanol–water partition coefficient (Wildman–Crippen LogP) is 1.95. The average Bonchev–Trinajstić information content (AvgIpc) is 3.03. The maximum atomic E-state index is 13.2. The van der Waals surface area contributed by atoms with Crippen LogP contribution < -0.4 is 11.2 Å². The van der Waals surface area contributed by atoms with Gasteiger partial charge in [0.2, 0.25) is 0 Å². The summed E-state index contributed by atoms with van der Waals surface area (Å²) in [4.78, 5) is 28.6. The van der Waals surface area contributed by atoms with Crippen LogP contribution in [0, 0.1) is 0 Å². The van der Waals surface area contributed by atoms with Gasteiger partial charge in [0.25, 0.3) is 5.56 Å². The highest BCUT2D eigenvalue weighted by molar-refractivity contribution is 5.71. The third kappa shape index (κ3) is 2.18. The van der Waals surface area contributed by atoms with Crippen LogP contribution in [0.25, 0.3) is 11.3 Å². The first-order valence-corrected chi connectivity index (χ1v) is 8.73. The van der Waals surface area contributed by atoms with E-state index in [0.717, 1.165) is 43.2 Å². The van der Waals surface area contributed by atoms with Crippen LogP contribution in [0.5, 0.6) is 0 Å². The number of aromatic amines is 1. The Morgan fingerprint density at radius 2 is 1.92 bits per heavy atom. The first-order valence-electron chi connectivity index (χ1n) is 8.73. The van der Waals surface area contributed by atoms with Gasteiger partial charge in [-0.2, -0.15) is 0 Å². The van der Waals surface area contributed by atoms with Crippen molar-refractivity contribution in [1.82, 2.24) is 9.55 Å². The summed E-state index contributed by atoms with van der Waals surface area (Å²) in [6.07, 6.45) is 5.52. The molecule has 1 heterocycles. The zero-order valence-electron chi connectivity index (χ0n) is 13.7. The van der Waals surface area contributed by atoms with Crippen LogP contribution >= 0.6 is 0 Å². The molecule has 0 amide bonds. The zero-order chi connectivity index (χ0) is 16.7. The van der Waals surface area contributed by atoms with Crippen LogP contribution in [0.2, 0.25) is 0 Å². The Bertz CT molecular complexity index is 888. The van der Waals surface area contributed by atoms with Gasteiger partial charge in [-0.05, 0) is 31.2 Å². The Morgan fingerprint density at radius 1 is 1.17 bits per heavy atom. The smallest absolute Gasteiger partial charge is 0.328 e. The fraction of sp³-hybridized carbons (Fsp3) is 0.474. The number of rotatable bonds is 3. The van der Waals surface area contributed by atoms with E-state index in [0.29, 0.717) is 12.1 Å². The van der Waals surface area contributed by atoms with Crippen molar-refractivity contribution in [2.45, 2.75) is 50.5 Å². The van der Waals surface area contributed by atoms with Crippen LogP contribution in [-0.2, 0) is 18.4 Å². The van der Waals surface area contributed by atoms with Gasteiger partial charge >= 0.3 is 5.69 Å². The van der Waals surface area contributed by atoms with Crippen molar-refractivity contribution in [2.75, 3.05) is 6.61 Å². The molecule has 2 aliphatic carbocycles. The first-order chi connectivity index (χ1) is 11.7. The van der Waals surface area contributed by atoms with Gasteiger partial charge in [0, 0.05) is 29.7 Å². The van der Waals surface area contributed by atoms with Crippen molar-refractivity contribution in [2.24, 2.45) is 0 Å². The van der Waals surface area contributed by atoms with Gasteiger partial charge in [0.15, 0.2) is 0 Å². The van der Waals surface area contributed by atoms with Gasteiger partial charge in [0.05, 0.1) is 5.69 Å². The van der Waals surface area contributed by atoms with Crippen molar-refractivity contribution in [1.29, 1.82) is 0 Å². The normalized spacial score (nSPS) is 17.7. The number of fused-ring (bicyclic) bond motifs is 4. The molecule has 2 aliphatic rings. The quantitative estimate of drug-likeness (QED) is 0.905. The predicted molar refractivity (Wildman–Crippen MR) is 92.3 cm³/mol. The van der Waals surface area contributed by atoms with Gasteiger partial charge < -0.3 is 10.1 Å². The van der Waals surface area contributed by atoms with Crippen molar-refractivity contribution in [3.63, 3.8) is 0 Å². The molecule has 2 aromatic rings. The second-order valence-corrected chi connectivity index (χ2v) is 7.04. The third-order valence-corrected chi connectivity index (χ3v) is 5.63. The number of hydrogen-bond acceptors (Lipinski definition) is 3. The molecule has 4 rings (SSSR count). The maximum Gasteiger partial charge on any atom is 0.328 e. The number of nitrogens with zero attached hydrogens (tertiary/aromatic N) is 1. The molecule has 0 unspecified atom stereocenters. The minimum absolute atomic E-state index is 0.0308. The summed E-state index contributed by atoms with van der Waals surface area (Å²) in [7, 11) is 0. The van der Waals surface area contributed by atoms with Crippen LogP contribution in [-0.4, -0.2) is 21.3 Å². The highest BCUT2D eigenvalue weighted by Crippen LogP contribution is 2.49. The number of hydrogen-bond donors (Lipinski definition) is 2. The number of aliphatic hydroxyl groups is 1. The Morgan fingerprint density at radius 3 is 2.67 bits per heavy atom. The molecule has 0 saturated heterocycles. The molecule has 0 aliphatic heterocycles. The summed E-state index contributed by atoms with van der Waals surface area (Å²) in [6.45, 7) is 0.229. The number of aliphatic hydroxyl groups excluding tert-OH is 1. The van der Waals surface area contributed by atoms with Gasteiger partial charge in [-0.1, -0.05) is 37.1 Å². The van der Waals surface area contributed by atoms with E-state index in [-0.39, 0.29) is 29.8 Å². The van der Waals surface area contributed by atoms with E-state index in [9.17, 15) is 9.59 Å². The van der Waals surface area contributed by atoms with E-state index >= 15 is 0 Å².